The largest absolute Gasteiger partial charge is 0.279 e. The normalized spacial score (nSPS) is 11.0. The van der Waals surface area contributed by atoms with E-state index in [0.29, 0.717) is 17.5 Å². The van der Waals surface area contributed by atoms with E-state index >= 15 is 0 Å². The second-order valence-corrected chi connectivity index (χ2v) is 5.60. The molecule has 0 N–H and O–H groups in total. The summed E-state index contributed by atoms with van der Waals surface area (Å²) in [6.07, 6.45) is 0.683. The van der Waals surface area contributed by atoms with Gasteiger partial charge in [-0.25, -0.2) is 4.39 Å². The predicted molar refractivity (Wildman–Crippen MR) is 84.4 cm³/mol. The van der Waals surface area contributed by atoms with E-state index in [2.05, 4.69) is 21.0 Å². The van der Waals surface area contributed by atoms with Crippen molar-refractivity contribution in [2.75, 3.05) is 0 Å². The van der Waals surface area contributed by atoms with E-state index in [0.717, 1.165) is 15.6 Å². The molecule has 1 aromatic heterocycles. The third-order valence-corrected chi connectivity index (χ3v) is 3.82. The lowest BCUT2D eigenvalue weighted by molar-refractivity contribution is 0.624. The zero-order chi connectivity index (χ0) is 15.0. The minimum atomic E-state index is -0.393. The molecule has 106 valence electrons. The van der Waals surface area contributed by atoms with Crippen molar-refractivity contribution in [3.05, 3.63) is 68.8 Å². The lowest BCUT2D eigenvalue weighted by Crippen LogP contribution is -2.23. The van der Waals surface area contributed by atoms with Crippen molar-refractivity contribution < 1.29 is 4.39 Å². The summed E-state index contributed by atoms with van der Waals surface area (Å²) in [5, 5.41) is 5.79. The summed E-state index contributed by atoms with van der Waals surface area (Å²) in [7, 11) is 0. The van der Waals surface area contributed by atoms with Crippen molar-refractivity contribution in [1.82, 2.24) is 9.78 Å². The standard InChI is InChI=1S/C16H12BrFN2O/c1-2-15-14-8-10(17)6-7-13(14)16(21)20(19-15)12-5-3-4-11(18)9-12/h3-9H,2H2,1H3. The molecule has 5 heteroatoms. The molecule has 21 heavy (non-hydrogen) atoms. The molecule has 0 spiro atoms. The Bertz CT molecular complexity index is 889. The van der Waals surface area contributed by atoms with Gasteiger partial charge in [0.05, 0.1) is 16.8 Å². The smallest absolute Gasteiger partial charge is 0.267 e. The van der Waals surface area contributed by atoms with Gasteiger partial charge in [-0.15, -0.1) is 0 Å². The molecular weight excluding hydrogens is 335 g/mol. The molecule has 0 atom stereocenters. The molecule has 0 fully saturated rings. The van der Waals surface area contributed by atoms with E-state index in [4.69, 9.17) is 0 Å². The average molecular weight is 347 g/mol. The molecule has 0 aliphatic heterocycles. The van der Waals surface area contributed by atoms with Crippen molar-refractivity contribution in [3.8, 4) is 5.69 Å². The first-order valence-electron chi connectivity index (χ1n) is 6.57. The highest BCUT2D eigenvalue weighted by molar-refractivity contribution is 9.10. The van der Waals surface area contributed by atoms with Crippen molar-refractivity contribution in [2.24, 2.45) is 0 Å². The van der Waals surface area contributed by atoms with Crippen LogP contribution < -0.4 is 5.56 Å². The van der Waals surface area contributed by atoms with Crippen molar-refractivity contribution >= 4 is 26.7 Å². The van der Waals surface area contributed by atoms with Gasteiger partial charge < -0.3 is 0 Å². The Morgan fingerprint density at radius 3 is 2.71 bits per heavy atom. The highest BCUT2D eigenvalue weighted by Crippen LogP contribution is 2.20. The first-order chi connectivity index (χ1) is 10.1. The van der Waals surface area contributed by atoms with Gasteiger partial charge in [0.1, 0.15) is 5.82 Å². The summed E-state index contributed by atoms with van der Waals surface area (Å²) < 4.78 is 15.5. The molecular formula is C16H12BrFN2O. The lowest BCUT2D eigenvalue weighted by Gasteiger charge is -2.10. The fourth-order valence-electron chi connectivity index (χ4n) is 2.32. The summed E-state index contributed by atoms with van der Waals surface area (Å²) >= 11 is 3.41. The molecule has 3 rings (SSSR count). The Labute approximate surface area is 129 Å². The summed E-state index contributed by atoms with van der Waals surface area (Å²) in [6, 6.07) is 11.3. The van der Waals surface area contributed by atoms with Crippen molar-refractivity contribution in [1.29, 1.82) is 0 Å². The van der Waals surface area contributed by atoms with Gasteiger partial charge in [0.15, 0.2) is 0 Å². The maximum absolute atomic E-state index is 13.4. The molecule has 2 aromatic carbocycles. The van der Waals surface area contributed by atoms with Gasteiger partial charge in [0.2, 0.25) is 0 Å². The third kappa shape index (κ3) is 2.49. The Hall–Kier alpha value is -2.01. The molecule has 0 unspecified atom stereocenters. The van der Waals surface area contributed by atoms with Crippen LogP contribution in [0.3, 0.4) is 0 Å². The SMILES string of the molecule is CCc1nn(-c2cccc(F)c2)c(=O)c2ccc(Br)cc12. The van der Waals surface area contributed by atoms with Crippen LogP contribution in [0.4, 0.5) is 4.39 Å². The molecule has 0 amide bonds. The molecule has 0 bridgehead atoms. The minimum absolute atomic E-state index is 0.250. The van der Waals surface area contributed by atoms with Crippen LogP contribution in [0.15, 0.2) is 51.7 Å². The first kappa shape index (κ1) is 13.9. The van der Waals surface area contributed by atoms with Gasteiger partial charge in [-0.1, -0.05) is 28.9 Å². The van der Waals surface area contributed by atoms with E-state index < -0.39 is 5.82 Å². The first-order valence-corrected chi connectivity index (χ1v) is 7.37. The Morgan fingerprint density at radius 1 is 1.19 bits per heavy atom. The molecule has 0 saturated carbocycles. The van der Waals surface area contributed by atoms with Crippen LogP contribution in [0.5, 0.6) is 0 Å². The highest BCUT2D eigenvalue weighted by atomic mass is 79.9. The van der Waals surface area contributed by atoms with E-state index in [1.165, 1.54) is 16.8 Å². The number of hydrogen-bond acceptors (Lipinski definition) is 2. The molecule has 3 nitrogen and oxygen atoms in total. The molecule has 3 aromatic rings. The number of halogens is 2. The Balaban J connectivity index is 2.37. The van der Waals surface area contributed by atoms with E-state index in [9.17, 15) is 9.18 Å². The number of hydrogen-bond donors (Lipinski definition) is 0. The van der Waals surface area contributed by atoms with Crippen LogP contribution in [0.25, 0.3) is 16.5 Å². The maximum atomic E-state index is 13.4. The number of aryl methyl sites for hydroxylation is 1. The minimum Gasteiger partial charge on any atom is -0.267 e. The summed E-state index contributed by atoms with van der Waals surface area (Å²) in [5.41, 5.74) is 0.981. The van der Waals surface area contributed by atoms with Crippen molar-refractivity contribution in [2.45, 2.75) is 13.3 Å². The number of aromatic nitrogens is 2. The van der Waals surface area contributed by atoms with E-state index in [1.807, 2.05) is 19.1 Å². The monoisotopic (exact) mass is 346 g/mol. The Morgan fingerprint density at radius 2 is 2.00 bits per heavy atom. The van der Waals surface area contributed by atoms with Crippen LogP contribution in [0.1, 0.15) is 12.6 Å². The highest BCUT2D eigenvalue weighted by Gasteiger charge is 2.11. The van der Waals surface area contributed by atoms with Crippen molar-refractivity contribution in [3.63, 3.8) is 0 Å². The molecule has 0 saturated heterocycles. The van der Waals surface area contributed by atoms with Crippen LogP contribution in [0.2, 0.25) is 0 Å². The van der Waals surface area contributed by atoms with Crippen LogP contribution in [-0.2, 0) is 6.42 Å². The number of rotatable bonds is 2. The molecule has 0 aliphatic carbocycles. The Kier molecular flexibility index (Phi) is 3.59. The summed E-state index contributed by atoms with van der Waals surface area (Å²) in [4.78, 5) is 12.6. The molecule has 0 aliphatic rings. The molecule has 0 radical (unpaired) electrons. The molecule has 1 heterocycles. The van der Waals surface area contributed by atoms with Gasteiger partial charge in [0.25, 0.3) is 5.56 Å². The quantitative estimate of drug-likeness (QED) is 0.706. The van der Waals surface area contributed by atoms with Crippen LogP contribution >= 0.6 is 15.9 Å². The van der Waals surface area contributed by atoms with Gasteiger partial charge >= 0.3 is 0 Å². The number of benzene rings is 2. The third-order valence-electron chi connectivity index (χ3n) is 3.32. The van der Waals surface area contributed by atoms with Gasteiger partial charge in [-0.05, 0) is 42.8 Å². The van der Waals surface area contributed by atoms with E-state index in [1.54, 1.807) is 18.2 Å². The second kappa shape index (κ2) is 5.41. The van der Waals surface area contributed by atoms with E-state index in [-0.39, 0.29) is 5.56 Å². The van der Waals surface area contributed by atoms with Gasteiger partial charge in [0, 0.05) is 9.86 Å². The maximum Gasteiger partial charge on any atom is 0.279 e. The summed E-state index contributed by atoms with van der Waals surface area (Å²) in [5.74, 6) is -0.393. The number of fused-ring (bicyclic) bond motifs is 1. The predicted octanol–water partition coefficient (Wildman–Crippen LogP) is 3.85. The fourth-order valence-corrected chi connectivity index (χ4v) is 2.68. The van der Waals surface area contributed by atoms with Crippen LogP contribution in [0, 0.1) is 5.82 Å². The van der Waals surface area contributed by atoms with Gasteiger partial charge in [-0.3, -0.25) is 4.79 Å². The zero-order valence-electron chi connectivity index (χ0n) is 11.3. The lowest BCUT2D eigenvalue weighted by atomic mass is 10.1. The fraction of sp³-hybridized carbons (Fsp3) is 0.125. The summed E-state index contributed by atoms with van der Waals surface area (Å²) in [6.45, 7) is 1.98. The zero-order valence-corrected chi connectivity index (χ0v) is 12.9. The van der Waals surface area contributed by atoms with Gasteiger partial charge in [-0.2, -0.15) is 9.78 Å². The second-order valence-electron chi connectivity index (χ2n) is 4.69. The average Bonchev–Trinajstić information content (AvgIpc) is 2.47. The number of nitrogens with zero attached hydrogens (tertiary/aromatic N) is 2. The topological polar surface area (TPSA) is 34.9 Å². The van der Waals surface area contributed by atoms with Crippen LogP contribution in [-0.4, -0.2) is 9.78 Å².